The lowest BCUT2D eigenvalue weighted by Crippen LogP contribution is -2.37. The average Bonchev–Trinajstić information content (AvgIpc) is 2.55. The summed E-state index contributed by atoms with van der Waals surface area (Å²) >= 11 is 4.40. The van der Waals surface area contributed by atoms with E-state index in [1.54, 1.807) is 6.07 Å². The first-order valence-electron chi connectivity index (χ1n) is 4.62. The van der Waals surface area contributed by atoms with Crippen molar-refractivity contribution < 1.29 is 13.2 Å². The van der Waals surface area contributed by atoms with Crippen molar-refractivity contribution in [1.29, 1.82) is 0 Å². The molecule has 0 aliphatic heterocycles. The summed E-state index contributed by atoms with van der Waals surface area (Å²) in [5.41, 5.74) is 5.71. The smallest absolute Gasteiger partial charge is 0.312 e. The number of sulfonamides is 1. The molecule has 17 heavy (non-hydrogen) atoms. The molecule has 0 bridgehead atoms. The molecule has 1 heterocycles. The van der Waals surface area contributed by atoms with E-state index < -0.39 is 16.1 Å². The lowest BCUT2D eigenvalue weighted by molar-refractivity contribution is 0.249. The SMILES string of the molecule is Cc1cc(S(=O)(=O)NCCNC(N)=O)sc1Br. The van der Waals surface area contributed by atoms with Crippen molar-refractivity contribution in [2.45, 2.75) is 11.1 Å². The summed E-state index contributed by atoms with van der Waals surface area (Å²) in [4.78, 5) is 10.4. The number of primary amides is 1. The van der Waals surface area contributed by atoms with Gasteiger partial charge in [-0.25, -0.2) is 17.9 Å². The van der Waals surface area contributed by atoms with E-state index in [1.807, 2.05) is 6.92 Å². The van der Waals surface area contributed by atoms with Gasteiger partial charge in [-0.1, -0.05) is 0 Å². The fourth-order valence-corrected chi connectivity index (χ4v) is 4.31. The highest BCUT2D eigenvalue weighted by molar-refractivity contribution is 9.11. The third kappa shape index (κ3) is 4.26. The zero-order valence-corrected chi connectivity index (χ0v) is 12.2. The van der Waals surface area contributed by atoms with Crippen LogP contribution in [0.5, 0.6) is 0 Å². The molecule has 4 N–H and O–H groups in total. The Kier molecular flexibility index (Phi) is 4.92. The first-order valence-corrected chi connectivity index (χ1v) is 7.71. The van der Waals surface area contributed by atoms with E-state index in [9.17, 15) is 13.2 Å². The van der Waals surface area contributed by atoms with Gasteiger partial charge in [-0.2, -0.15) is 0 Å². The number of carbonyl (C=O) groups excluding carboxylic acids is 1. The number of hydrogen-bond acceptors (Lipinski definition) is 4. The molecule has 0 fully saturated rings. The number of aryl methyl sites for hydroxylation is 1. The summed E-state index contributed by atoms with van der Waals surface area (Å²) in [7, 11) is -3.51. The fraction of sp³-hybridized carbons (Fsp3) is 0.375. The quantitative estimate of drug-likeness (QED) is 0.689. The van der Waals surface area contributed by atoms with Crippen molar-refractivity contribution in [3.63, 3.8) is 0 Å². The van der Waals surface area contributed by atoms with E-state index in [2.05, 4.69) is 26.0 Å². The highest BCUT2D eigenvalue weighted by Gasteiger charge is 2.17. The molecule has 0 unspecified atom stereocenters. The van der Waals surface area contributed by atoms with Crippen LogP contribution < -0.4 is 15.8 Å². The van der Waals surface area contributed by atoms with Crippen LogP contribution in [0.3, 0.4) is 0 Å². The van der Waals surface area contributed by atoms with Crippen LogP contribution in [0.15, 0.2) is 14.1 Å². The first kappa shape index (κ1) is 14.4. The number of halogens is 1. The third-order valence-electron chi connectivity index (χ3n) is 1.82. The zero-order valence-electron chi connectivity index (χ0n) is 8.99. The van der Waals surface area contributed by atoms with Gasteiger partial charge in [-0.3, -0.25) is 0 Å². The summed E-state index contributed by atoms with van der Waals surface area (Å²) in [5.74, 6) is 0. The summed E-state index contributed by atoms with van der Waals surface area (Å²) in [6.07, 6.45) is 0. The molecule has 96 valence electrons. The summed E-state index contributed by atoms with van der Waals surface area (Å²) < 4.78 is 26.9. The molecule has 0 aromatic carbocycles. The molecule has 0 aliphatic carbocycles. The van der Waals surface area contributed by atoms with Crippen molar-refractivity contribution >= 4 is 43.3 Å². The Morgan fingerprint density at radius 2 is 2.18 bits per heavy atom. The van der Waals surface area contributed by atoms with Gasteiger partial charge >= 0.3 is 6.03 Å². The molecule has 0 atom stereocenters. The van der Waals surface area contributed by atoms with Crippen LogP contribution in [-0.2, 0) is 10.0 Å². The van der Waals surface area contributed by atoms with Gasteiger partial charge < -0.3 is 11.1 Å². The molecule has 6 nitrogen and oxygen atoms in total. The molecule has 9 heteroatoms. The van der Waals surface area contributed by atoms with Crippen LogP contribution >= 0.6 is 27.3 Å². The maximum atomic E-state index is 11.8. The van der Waals surface area contributed by atoms with E-state index in [1.165, 1.54) is 0 Å². The van der Waals surface area contributed by atoms with E-state index in [0.29, 0.717) is 0 Å². The Bertz CT molecular complexity index is 493. The fourth-order valence-electron chi connectivity index (χ4n) is 1.01. The largest absolute Gasteiger partial charge is 0.352 e. The van der Waals surface area contributed by atoms with E-state index in [4.69, 9.17) is 5.73 Å². The Hall–Kier alpha value is -0.640. The molecule has 1 aromatic heterocycles. The minimum atomic E-state index is -3.51. The second-order valence-corrected chi connectivity index (χ2v) is 7.57. The molecule has 2 amide bonds. The molecule has 0 radical (unpaired) electrons. The van der Waals surface area contributed by atoms with Crippen molar-refractivity contribution in [3.05, 3.63) is 15.4 Å². The number of nitrogens with two attached hydrogens (primary N) is 1. The summed E-state index contributed by atoms with van der Waals surface area (Å²) in [6, 6.07) is 0.900. The molecule has 0 aliphatic rings. The van der Waals surface area contributed by atoms with Crippen LogP contribution in [0.4, 0.5) is 4.79 Å². The van der Waals surface area contributed by atoms with Crippen molar-refractivity contribution in [1.82, 2.24) is 10.0 Å². The molecule has 0 saturated heterocycles. The van der Waals surface area contributed by atoms with Gasteiger partial charge in [-0.15, -0.1) is 11.3 Å². The zero-order chi connectivity index (χ0) is 13.1. The molecule has 1 aromatic rings. The molecule has 0 spiro atoms. The van der Waals surface area contributed by atoms with Gasteiger partial charge in [0.2, 0.25) is 10.0 Å². The second-order valence-electron chi connectivity index (χ2n) is 3.21. The lowest BCUT2D eigenvalue weighted by atomic mass is 10.4. The predicted octanol–water partition coefficient (Wildman–Crippen LogP) is 0.766. The third-order valence-corrected chi connectivity index (χ3v) is 5.89. The van der Waals surface area contributed by atoms with Gasteiger partial charge in [0.1, 0.15) is 4.21 Å². The van der Waals surface area contributed by atoms with Crippen molar-refractivity contribution in [2.75, 3.05) is 13.1 Å². The highest BCUT2D eigenvalue weighted by atomic mass is 79.9. The number of rotatable bonds is 5. The van der Waals surface area contributed by atoms with E-state index in [-0.39, 0.29) is 17.3 Å². The minimum absolute atomic E-state index is 0.0971. The number of urea groups is 1. The van der Waals surface area contributed by atoms with Crippen molar-refractivity contribution in [2.24, 2.45) is 5.73 Å². The maximum absolute atomic E-state index is 11.8. The first-order chi connectivity index (χ1) is 7.83. The maximum Gasteiger partial charge on any atom is 0.312 e. The Balaban J connectivity index is 2.60. The normalized spacial score (nSPS) is 11.4. The number of hydrogen-bond donors (Lipinski definition) is 3. The predicted molar refractivity (Wildman–Crippen MR) is 69.5 cm³/mol. The van der Waals surface area contributed by atoms with Crippen LogP contribution in [0.25, 0.3) is 0 Å². The summed E-state index contributed by atoms with van der Waals surface area (Å²) in [6.45, 7) is 2.06. The van der Waals surface area contributed by atoms with Gasteiger partial charge in [0, 0.05) is 13.1 Å². The van der Waals surface area contributed by atoms with Gasteiger partial charge in [0.25, 0.3) is 0 Å². The Morgan fingerprint density at radius 3 is 2.65 bits per heavy atom. The average molecular weight is 342 g/mol. The topological polar surface area (TPSA) is 101 Å². The number of thiophene rings is 1. The van der Waals surface area contributed by atoms with Crippen LogP contribution in [0.1, 0.15) is 5.56 Å². The van der Waals surface area contributed by atoms with Crippen LogP contribution in [-0.4, -0.2) is 27.5 Å². The summed E-state index contributed by atoms with van der Waals surface area (Å²) in [5, 5.41) is 2.29. The molecular formula is C8H12BrN3O3S2. The van der Waals surface area contributed by atoms with Gasteiger partial charge in [0.15, 0.2) is 0 Å². The van der Waals surface area contributed by atoms with Gasteiger partial charge in [-0.05, 0) is 34.5 Å². The van der Waals surface area contributed by atoms with E-state index >= 15 is 0 Å². The van der Waals surface area contributed by atoms with Crippen LogP contribution in [0.2, 0.25) is 0 Å². The van der Waals surface area contributed by atoms with Crippen molar-refractivity contribution in [3.8, 4) is 0 Å². The van der Waals surface area contributed by atoms with Gasteiger partial charge in [0.05, 0.1) is 3.79 Å². The number of nitrogens with one attached hydrogen (secondary N) is 2. The van der Waals surface area contributed by atoms with E-state index in [0.717, 1.165) is 20.7 Å². The molecule has 1 rings (SSSR count). The lowest BCUT2D eigenvalue weighted by Gasteiger charge is -2.04. The molecule has 0 saturated carbocycles. The number of carbonyl (C=O) groups is 1. The highest BCUT2D eigenvalue weighted by Crippen LogP contribution is 2.30. The minimum Gasteiger partial charge on any atom is -0.352 e. The molecular weight excluding hydrogens is 330 g/mol. The van der Waals surface area contributed by atoms with Crippen LogP contribution in [0, 0.1) is 6.92 Å². The Labute approximate surface area is 112 Å². The Morgan fingerprint density at radius 1 is 1.53 bits per heavy atom. The number of amides is 2. The second kappa shape index (κ2) is 5.80. The monoisotopic (exact) mass is 341 g/mol. The standard InChI is InChI=1S/C8H12BrN3O3S2/c1-5-4-6(16-7(5)9)17(14,15)12-3-2-11-8(10)13/h4,12H,2-3H2,1H3,(H3,10,11,13).